The van der Waals surface area contributed by atoms with Gasteiger partial charge in [0.05, 0.1) is 16.6 Å². The number of imide groups is 1. The molecule has 1 unspecified atom stereocenters. The van der Waals surface area contributed by atoms with Crippen molar-refractivity contribution in [2.75, 3.05) is 0 Å². The van der Waals surface area contributed by atoms with Crippen molar-refractivity contribution in [2.45, 2.75) is 19.3 Å². The summed E-state index contributed by atoms with van der Waals surface area (Å²) in [6, 6.07) is 7.85. The molecule has 5 rings (SSSR count). The highest BCUT2D eigenvalue weighted by Gasteiger charge is 2.46. The molecular formula is C17H12N2O2. The zero-order valence-electron chi connectivity index (χ0n) is 11.3. The Morgan fingerprint density at radius 3 is 2.86 bits per heavy atom. The first-order valence-electron chi connectivity index (χ1n) is 7.27. The number of fused-ring (bicyclic) bond motifs is 5. The predicted octanol–water partition coefficient (Wildman–Crippen LogP) is 0.491. The molecule has 4 nitrogen and oxygen atoms in total. The minimum Gasteiger partial charge on any atom is -0.288 e. The van der Waals surface area contributed by atoms with Crippen molar-refractivity contribution < 1.29 is 9.59 Å². The van der Waals surface area contributed by atoms with Crippen molar-refractivity contribution >= 4 is 17.4 Å². The number of rotatable bonds is 0. The molecule has 2 aliphatic heterocycles. The van der Waals surface area contributed by atoms with Gasteiger partial charge in [-0.1, -0.05) is 18.2 Å². The van der Waals surface area contributed by atoms with Crippen LogP contribution in [0.25, 0.3) is 5.57 Å². The van der Waals surface area contributed by atoms with Crippen LogP contribution in [0.2, 0.25) is 0 Å². The van der Waals surface area contributed by atoms with Crippen molar-refractivity contribution in [3.8, 4) is 0 Å². The van der Waals surface area contributed by atoms with E-state index in [1.165, 1.54) is 5.57 Å². The highest BCUT2D eigenvalue weighted by molar-refractivity contribution is 6.27. The zero-order chi connectivity index (χ0) is 14.1. The van der Waals surface area contributed by atoms with E-state index >= 15 is 0 Å². The van der Waals surface area contributed by atoms with E-state index in [0.717, 1.165) is 41.1 Å². The molecule has 1 N–H and O–H groups in total. The van der Waals surface area contributed by atoms with Crippen LogP contribution in [0.1, 0.15) is 19.3 Å². The van der Waals surface area contributed by atoms with Crippen LogP contribution in [0.4, 0.5) is 0 Å². The standard InChI is InChI=1S/C17H12N2O2/c20-16-13-8-5-3-6-9(8)15-12(14(13)17(21)19-16)10-4-1-2-7-11(10)18-15/h1-2,4,7-8H,3,5-6H2,(H,19,20,21). The lowest BCUT2D eigenvalue weighted by atomic mass is 9.80. The Kier molecular flexibility index (Phi) is 1.91. The maximum Gasteiger partial charge on any atom is 0.259 e. The highest BCUT2D eigenvalue weighted by atomic mass is 16.2. The van der Waals surface area contributed by atoms with Gasteiger partial charge in [-0.15, -0.1) is 0 Å². The highest BCUT2D eigenvalue weighted by Crippen LogP contribution is 2.49. The third-order valence-corrected chi connectivity index (χ3v) is 4.87. The summed E-state index contributed by atoms with van der Waals surface area (Å²) in [7, 11) is 0. The summed E-state index contributed by atoms with van der Waals surface area (Å²) >= 11 is 0. The normalized spacial score (nSPS) is 25.5. The molecule has 4 aliphatic rings. The number of hydrogen-bond acceptors (Lipinski definition) is 3. The molecule has 1 saturated carbocycles. The lowest BCUT2D eigenvalue weighted by Crippen LogP contribution is -2.26. The van der Waals surface area contributed by atoms with E-state index in [1.54, 1.807) is 0 Å². The Morgan fingerprint density at radius 2 is 1.95 bits per heavy atom. The van der Waals surface area contributed by atoms with Crippen LogP contribution < -0.4 is 15.9 Å². The van der Waals surface area contributed by atoms with E-state index in [1.807, 2.05) is 24.3 Å². The minimum atomic E-state index is -0.264. The monoisotopic (exact) mass is 276 g/mol. The van der Waals surface area contributed by atoms with Gasteiger partial charge in [-0.25, -0.2) is 4.99 Å². The van der Waals surface area contributed by atoms with Crippen molar-refractivity contribution in [1.82, 2.24) is 5.32 Å². The van der Waals surface area contributed by atoms with Crippen LogP contribution in [0.15, 0.2) is 51.7 Å². The van der Waals surface area contributed by atoms with E-state index in [4.69, 9.17) is 4.99 Å². The second kappa shape index (κ2) is 3.58. The van der Waals surface area contributed by atoms with Gasteiger partial charge in [0.15, 0.2) is 0 Å². The fraction of sp³-hybridized carbons (Fsp3) is 0.235. The molecule has 1 fully saturated rings. The lowest BCUT2D eigenvalue weighted by molar-refractivity contribution is -0.124. The van der Waals surface area contributed by atoms with Crippen LogP contribution >= 0.6 is 0 Å². The summed E-state index contributed by atoms with van der Waals surface area (Å²) in [5, 5.41) is 4.35. The Bertz CT molecular complexity index is 934. The molecule has 102 valence electrons. The Balaban J connectivity index is 1.97. The third-order valence-electron chi connectivity index (χ3n) is 4.87. The van der Waals surface area contributed by atoms with Crippen LogP contribution in [0, 0.1) is 5.92 Å². The average molecular weight is 276 g/mol. The van der Waals surface area contributed by atoms with Gasteiger partial charge >= 0.3 is 0 Å². The van der Waals surface area contributed by atoms with Gasteiger partial charge in [-0.3, -0.25) is 14.9 Å². The molecule has 21 heavy (non-hydrogen) atoms. The van der Waals surface area contributed by atoms with Crippen molar-refractivity contribution in [3.05, 3.63) is 57.3 Å². The number of allylic oxidation sites excluding steroid dienone is 2. The SMILES string of the molecule is O=C1NC(=O)C2=C1C1=c3ccccc3=NC1=C1CCCC12. The number of benzene rings is 1. The summed E-state index contributed by atoms with van der Waals surface area (Å²) in [6.07, 6.45) is 2.97. The summed E-state index contributed by atoms with van der Waals surface area (Å²) in [4.78, 5) is 29.2. The number of carbonyl (C=O) groups excluding carboxylic acids is 2. The van der Waals surface area contributed by atoms with Crippen LogP contribution in [-0.4, -0.2) is 11.8 Å². The molecule has 0 radical (unpaired) electrons. The van der Waals surface area contributed by atoms with E-state index in [-0.39, 0.29) is 17.7 Å². The maximum atomic E-state index is 12.3. The van der Waals surface area contributed by atoms with Crippen LogP contribution in [-0.2, 0) is 9.59 Å². The first-order chi connectivity index (χ1) is 10.3. The van der Waals surface area contributed by atoms with E-state index in [2.05, 4.69) is 5.32 Å². The molecule has 1 atom stereocenters. The first-order valence-corrected chi connectivity index (χ1v) is 7.27. The van der Waals surface area contributed by atoms with Gasteiger partial charge in [0.2, 0.25) is 0 Å². The predicted molar refractivity (Wildman–Crippen MR) is 75.2 cm³/mol. The molecule has 0 aromatic heterocycles. The van der Waals surface area contributed by atoms with Crippen molar-refractivity contribution in [2.24, 2.45) is 10.9 Å². The van der Waals surface area contributed by atoms with Gasteiger partial charge in [-0.05, 0) is 30.9 Å². The smallest absolute Gasteiger partial charge is 0.259 e. The molecular weight excluding hydrogens is 264 g/mol. The number of amides is 2. The van der Waals surface area contributed by atoms with Gasteiger partial charge in [-0.2, -0.15) is 0 Å². The molecule has 2 amide bonds. The molecule has 0 saturated heterocycles. The van der Waals surface area contributed by atoms with Crippen molar-refractivity contribution in [3.63, 3.8) is 0 Å². The number of nitrogens with one attached hydrogen (secondary N) is 1. The van der Waals surface area contributed by atoms with Gasteiger partial charge < -0.3 is 0 Å². The number of hydrogen-bond donors (Lipinski definition) is 1. The van der Waals surface area contributed by atoms with Gasteiger partial charge in [0, 0.05) is 22.3 Å². The zero-order valence-corrected chi connectivity index (χ0v) is 11.3. The van der Waals surface area contributed by atoms with E-state index in [0.29, 0.717) is 11.1 Å². The second-order valence-corrected chi connectivity index (χ2v) is 5.89. The first kappa shape index (κ1) is 11.2. The average Bonchev–Trinajstić information content (AvgIpc) is 3.14. The minimum absolute atomic E-state index is 0.0864. The Morgan fingerprint density at radius 1 is 1.10 bits per heavy atom. The maximum absolute atomic E-state index is 12.3. The molecule has 2 aliphatic carbocycles. The van der Waals surface area contributed by atoms with E-state index in [9.17, 15) is 9.59 Å². The summed E-state index contributed by atoms with van der Waals surface area (Å²) in [5.74, 6) is -0.390. The number of carbonyl (C=O) groups is 2. The second-order valence-electron chi connectivity index (χ2n) is 5.89. The molecule has 1 aromatic carbocycles. The lowest BCUT2D eigenvalue weighted by Gasteiger charge is -2.22. The summed E-state index contributed by atoms with van der Waals surface area (Å²) in [5.41, 5.74) is 4.31. The number of para-hydroxylation sites is 1. The number of nitrogens with zero attached hydrogens (tertiary/aromatic N) is 1. The quantitative estimate of drug-likeness (QED) is 0.701. The summed E-state index contributed by atoms with van der Waals surface area (Å²) < 4.78 is 0. The molecule has 2 heterocycles. The van der Waals surface area contributed by atoms with Gasteiger partial charge in [0.1, 0.15) is 0 Å². The Labute approximate surface area is 120 Å². The topological polar surface area (TPSA) is 58.5 Å². The van der Waals surface area contributed by atoms with Crippen LogP contribution in [0.5, 0.6) is 0 Å². The van der Waals surface area contributed by atoms with Crippen molar-refractivity contribution in [1.29, 1.82) is 0 Å². The molecule has 0 bridgehead atoms. The fourth-order valence-corrected chi connectivity index (χ4v) is 4.07. The van der Waals surface area contributed by atoms with Crippen LogP contribution in [0.3, 0.4) is 0 Å². The fourth-order valence-electron chi connectivity index (χ4n) is 4.07. The summed E-state index contributed by atoms with van der Waals surface area (Å²) in [6.45, 7) is 0. The van der Waals surface area contributed by atoms with Gasteiger partial charge in [0.25, 0.3) is 11.8 Å². The molecule has 0 spiro atoms. The molecule has 4 heteroatoms. The Hall–Kier alpha value is -2.49. The molecule has 1 aromatic rings. The largest absolute Gasteiger partial charge is 0.288 e. The van der Waals surface area contributed by atoms with E-state index < -0.39 is 0 Å². The third kappa shape index (κ3) is 1.23.